The number of carbonyl (C=O) groups is 3. The number of anilines is 3. The van der Waals surface area contributed by atoms with E-state index in [1.807, 2.05) is 24.3 Å². The van der Waals surface area contributed by atoms with E-state index in [0.717, 1.165) is 76.3 Å². The fourth-order valence-corrected chi connectivity index (χ4v) is 8.80. The van der Waals surface area contributed by atoms with Crippen molar-refractivity contribution in [1.82, 2.24) is 10.2 Å². The molecule has 3 atom stereocenters. The van der Waals surface area contributed by atoms with Crippen molar-refractivity contribution in [2.45, 2.75) is 56.4 Å². The third kappa shape index (κ3) is 7.09. The highest BCUT2D eigenvalue weighted by atomic mass is 16.3. The Balaban J connectivity index is 0.845. The number of piperidine rings is 2. The van der Waals surface area contributed by atoms with Crippen molar-refractivity contribution in [2.24, 2.45) is 5.92 Å². The lowest BCUT2D eigenvalue weighted by Gasteiger charge is -2.40. The average Bonchev–Trinajstić information content (AvgIpc) is 3.19. The third-order valence-corrected chi connectivity index (χ3v) is 11.7. The second kappa shape index (κ2) is 14.7. The first kappa shape index (κ1) is 33.8. The molecule has 0 aromatic heterocycles. The molecule has 3 aliphatic heterocycles. The minimum atomic E-state index is -0.399. The standard InChI is InChI=1S/C43H47N5O4/c49-36-15-17-38-32(28-36)8-16-37(29-4-2-1-3-5-29)41(38)30-6-11-34(12-7-30)47-24-26-48(27-25-47)43(52)31-20-22-46(23-21-31)35-13-9-33(10-14-35)44-39-18-19-40(50)45-42(39)51/h1-7,9-15,17,28,31,37,39,41,44,49H,8,16,18-27H2,(H,45,50,51)/t37-,39?,41+/m1/s1. The Morgan fingerprint density at radius 2 is 1.37 bits per heavy atom. The number of piperazine rings is 1. The molecule has 0 radical (unpaired) electrons. The fourth-order valence-electron chi connectivity index (χ4n) is 8.80. The van der Waals surface area contributed by atoms with E-state index in [9.17, 15) is 19.5 Å². The summed E-state index contributed by atoms with van der Waals surface area (Å²) in [6.45, 7) is 4.78. The van der Waals surface area contributed by atoms with Crippen LogP contribution >= 0.6 is 0 Å². The number of hydrogen-bond donors (Lipinski definition) is 3. The van der Waals surface area contributed by atoms with Crippen molar-refractivity contribution in [1.29, 1.82) is 0 Å². The van der Waals surface area contributed by atoms with Gasteiger partial charge in [0.25, 0.3) is 0 Å². The quantitative estimate of drug-likeness (QED) is 0.203. The average molecular weight is 698 g/mol. The molecule has 1 aliphatic carbocycles. The Hall–Kier alpha value is -5.31. The van der Waals surface area contributed by atoms with Crippen LogP contribution in [0.4, 0.5) is 17.1 Å². The van der Waals surface area contributed by atoms with Crippen LogP contribution in [0.1, 0.15) is 66.2 Å². The van der Waals surface area contributed by atoms with Gasteiger partial charge in [-0.25, -0.2) is 0 Å². The predicted octanol–water partition coefficient (Wildman–Crippen LogP) is 6.04. The van der Waals surface area contributed by atoms with Crippen molar-refractivity contribution in [3.63, 3.8) is 0 Å². The molecule has 4 aromatic carbocycles. The molecule has 0 saturated carbocycles. The smallest absolute Gasteiger partial charge is 0.249 e. The highest BCUT2D eigenvalue weighted by Crippen LogP contribution is 2.47. The topological polar surface area (TPSA) is 105 Å². The summed E-state index contributed by atoms with van der Waals surface area (Å²) in [4.78, 5) is 44.0. The lowest BCUT2D eigenvalue weighted by molar-refractivity contribution is -0.136. The van der Waals surface area contributed by atoms with E-state index < -0.39 is 6.04 Å². The lowest BCUT2D eigenvalue weighted by atomic mass is 9.69. The maximum Gasteiger partial charge on any atom is 0.249 e. The van der Waals surface area contributed by atoms with Gasteiger partial charge in [0.15, 0.2) is 0 Å². The molecule has 52 heavy (non-hydrogen) atoms. The summed E-state index contributed by atoms with van der Waals surface area (Å²) in [5.74, 6) is 0.778. The van der Waals surface area contributed by atoms with E-state index in [2.05, 4.69) is 98.1 Å². The number of carbonyl (C=O) groups excluding carboxylic acids is 3. The normalized spacial score (nSPS) is 22.5. The molecular weight excluding hydrogens is 651 g/mol. The summed E-state index contributed by atoms with van der Waals surface area (Å²) < 4.78 is 0. The molecule has 268 valence electrons. The summed E-state index contributed by atoms with van der Waals surface area (Å²) in [6.07, 6.45) is 4.52. The van der Waals surface area contributed by atoms with Crippen LogP contribution in [0.2, 0.25) is 0 Å². The second-order valence-electron chi connectivity index (χ2n) is 14.8. The summed E-state index contributed by atoms with van der Waals surface area (Å²) in [6, 6.07) is 33.4. The third-order valence-electron chi connectivity index (χ3n) is 11.7. The zero-order valence-corrected chi connectivity index (χ0v) is 29.5. The highest BCUT2D eigenvalue weighted by molar-refractivity contribution is 6.01. The first-order chi connectivity index (χ1) is 25.4. The van der Waals surface area contributed by atoms with Crippen LogP contribution in [0.3, 0.4) is 0 Å². The number of phenolic OH excluding ortho intramolecular Hbond substituents is 1. The van der Waals surface area contributed by atoms with Gasteiger partial charge in [-0.3, -0.25) is 19.7 Å². The number of nitrogens with zero attached hydrogens (tertiary/aromatic N) is 3. The van der Waals surface area contributed by atoms with Crippen molar-refractivity contribution in [2.75, 3.05) is 54.4 Å². The molecule has 3 fully saturated rings. The zero-order chi connectivity index (χ0) is 35.6. The van der Waals surface area contributed by atoms with Crippen LogP contribution in [0.25, 0.3) is 0 Å². The number of amides is 3. The van der Waals surface area contributed by atoms with Gasteiger partial charge in [-0.1, -0.05) is 48.5 Å². The van der Waals surface area contributed by atoms with Gasteiger partial charge in [-0.15, -0.1) is 0 Å². The van der Waals surface area contributed by atoms with Crippen LogP contribution in [-0.4, -0.2) is 73.0 Å². The van der Waals surface area contributed by atoms with Crippen molar-refractivity contribution in [3.8, 4) is 5.75 Å². The molecule has 1 unspecified atom stereocenters. The molecule has 9 heteroatoms. The van der Waals surface area contributed by atoms with Gasteiger partial charge < -0.3 is 25.1 Å². The van der Waals surface area contributed by atoms with E-state index in [1.165, 1.54) is 27.9 Å². The van der Waals surface area contributed by atoms with Gasteiger partial charge in [0.2, 0.25) is 17.7 Å². The number of aryl methyl sites for hydroxylation is 1. The second-order valence-corrected chi connectivity index (χ2v) is 14.8. The molecule has 0 spiro atoms. The molecule has 3 amide bonds. The first-order valence-electron chi connectivity index (χ1n) is 18.9. The number of fused-ring (bicyclic) bond motifs is 1. The molecule has 4 aliphatic rings. The Morgan fingerprint density at radius 3 is 2.06 bits per heavy atom. The minimum absolute atomic E-state index is 0.0494. The van der Waals surface area contributed by atoms with E-state index in [4.69, 9.17) is 0 Å². The van der Waals surface area contributed by atoms with Crippen molar-refractivity contribution in [3.05, 3.63) is 119 Å². The Bertz CT molecular complexity index is 1900. The lowest BCUT2D eigenvalue weighted by Crippen LogP contribution is -2.51. The fraction of sp³-hybridized carbons (Fsp3) is 0.372. The van der Waals surface area contributed by atoms with Crippen LogP contribution in [0.15, 0.2) is 97.1 Å². The van der Waals surface area contributed by atoms with E-state index in [-0.39, 0.29) is 29.6 Å². The maximum absolute atomic E-state index is 13.6. The molecule has 8 rings (SSSR count). The highest BCUT2D eigenvalue weighted by Gasteiger charge is 2.34. The van der Waals surface area contributed by atoms with E-state index in [1.54, 1.807) is 0 Å². The number of phenols is 1. The number of aromatic hydroxyl groups is 1. The zero-order valence-electron chi connectivity index (χ0n) is 29.5. The molecule has 0 bridgehead atoms. The van der Waals surface area contributed by atoms with E-state index in [0.29, 0.717) is 24.5 Å². The molecular formula is C43H47N5O4. The van der Waals surface area contributed by atoms with Gasteiger partial charge in [0.1, 0.15) is 11.8 Å². The number of benzene rings is 4. The van der Waals surface area contributed by atoms with Crippen molar-refractivity contribution < 1.29 is 19.5 Å². The first-order valence-corrected chi connectivity index (χ1v) is 18.9. The van der Waals surface area contributed by atoms with Crippen LogP contribution in [0.5, 0.6) is 5.75 Å². The van der Waals surface area contributed by atoms with Crippen molar-refractivity contribution >= 4 is 34.8 Å². The Labute approximate surface area is 305 Å². The van der Waals surface area contributed by atoms with Crippen LogP contribution in [-0.2, 0) is 20.8 Å². The monoisotopic (exact) mass is 697 g/mol. The Kier molecular flexibility index (Phi) is 9.58. The number of nitrogens with one attached hydrogen (secondary N) is 2. The molecule has 3 N–H and O–H groups in total. The van der Waals surface area contributed by atoms with Gasteiger partial charge in [-0.05, 0) is 109 Å². The van der Waals surface area contributed by atoms with Gasteiger partial charge in [0, 0.05) is 74.6 Å². The molecule has 4 aromatic rings. The number of imide groups is 1. The maximum atomic E-state index is 13.6. The summed E-state index contributed by atoms with van der Waals surface area (Å²) in [5.41, 5.74) is 8.36. The van der Waals surface area contributed by atoms with Crippen LogP contribution in [0, 0.1) is 5.92 Å². The molecule has 3 heterocycles. The molecule has 3 saturated heterocycles. The number of rotatable bonds is 7. The van der Waals surface area contributed by atoms with Gasteiger partial charge in [0.05, 0.1) is 0 Å². The minimum Gasteiger partial charge on any atom is -0.508 e. The predicted molar refractivity (Wildman–Crippen MR) is 204 cm³/mol. The number of hydrogen-bond acceptors (Lipinski definition) is 7. The molecule has 9 nitrogen and oxygen atoms in total. The van der Waals surface area contributed by atoms with Gasteiger partial charge in [-0.2, -0.15) is 0 Å². The van der Waals surface area contributed by atoms with Gasteiger partial charge >= 0.3 is 0 Å². The Morgan fingerprint density at radius 1 is 0.692 bits per heavy atom. The van der Waals surface area contributed by atoms with Crippen LogP contribution < -0.4 is 20.4 Å². The summed E-state index contributed by atoms with van der Waals surface area (Å²) in [7, 11) is 0. The SMILES string of the molecule is O=C1CCC(Nc2ccc(N3CCC(C(=O)N4CCN(c5ccc([C@@H]6c7ccc(O)cc7CC[C@@H]6c6ccccc6)cc5)CC4)CC3)cc2)C(=O)N1. The largest absolute Gasteiger partial charge is 0.508 e. The van der Waals surface area contributed by atoms with E-state index >= 15 is 0 Å². The summed E-state index contributed by atoms with van der Waals surface area (Å²) >= 11 is 0. The summed E-state index contributed by atoms with van der Waals surface area (Å²) in [5, 5.41) is 15.8.